The van der Waals surface area contributed by atoms with E-state index < -0.39 is 0 Å². The number of hydrogen-bond acceptors (Lipinski definition) is 3. The molecule has 0 aromatic rings. The molecule has 1 N–H and O–H groups in total. The van der Waals surface area contributed by atoms with Gasteiger partial charge in [0, 0.05) is 12.6 Å². The zero-order valence-corrected chi connectivity index (χ0v) is 8.75. The number of likely N-dealkylation sites (N-methyl/N-ethyl adjacent to an activating group) is 2. The molecule has 1 fully saturated rings. The third-order valence-electron chi connectivity index (χ3n) is 2.97. The Hall–Kier alpha value is -0.590. The van der Waals surface area contributed by atoms with E-state index in [9.17, 15) is 0 Å². The first kappa shape index (κ1) is 10.5. The van der Waals surface area contributed by atoms with Crippen molar-refractivity contribution in [3.63, 3.8) is 0 Å². The monoisotopic (exact) mass is 181 g/mol. The van der Waals surface area contributed by atoms with E-state index in [-0.39, 0.29) is 6.04 Å². The fourth-order valence-electron chi connectivity index (χ4n) is 1.59. The second-order valence-electron chi connectivity index (χ2n) is 3.99. The van der Waals surface area contributed by atoms with Crippen molar-refractivity contribution in [2.45, 2.75) is 31.8 Å². The summed E-state index contributed by atoms with van der Waals surface area (Å²) >= 11 is 0. The molecule has 1 aliphatic carbocycles. The highest BCUT2D eigenvalue weighted by molar-refractivity contribution is 4.93. The minimum atomic E-state index is -0.0359. The normalized spacial score (nSPS) is 21.2. The van der Waals surface area contributed by atoms with Crippen molar-refractivity contribution in [1.29, 1.82) is 5.26 Å². The summed E-state index contributed by atoms with van der Waals surface area (Å²) in [5, 5.41) is 11.8. The van der Waals surface area contributed by atoms with E-state index in [1.807, 2.05) is 7.05 Å². The van der Waals surface area contributed by atoms with E-state index in [2.05, 4.69) is 30.3 Å². The van der Waals surface area contributed by atoms with Crippen LogP contribution in [0.15, 0.2) is 0 Å². The van der Waals surface area contributed by atoms with E-state index >= 15 is 0 Å². The van der Waals surface area contributed by atoms with Crippen LogP contribution in [-0.2, 0) is 0 Å². The summed E-state index contributed by atoms with van der Waals surface area (Å²) in [5.74, 6) is 0.876. The highest BCUT2D eigenvalue weighted by Crippen LogP contribution is 2.34. The molecule has 0 heterocycles. The molecule has 0 aromatic carbocycles. The lowest BCUT2D eigenvalue weighted by Crippen LogP contribution is -2.41. The minimum absolute atomic E-state index is 0.0359. The third-order valence-corrected chi connectivity index (χ3v) is 2.97. The zero-order valence-electron chi connectivity index (χ0n) is 8.75. The summed E-state index contributed by atoms with van der Waals surface area (Å²) < 4.78 is 0. The lowest BCUT2D eigenvalue weighted by molar-refractivity contribution is 0.224. The number of nitrogens with one attached hydrogen (secondary N) is 1. The van der Waals surface area contributed by atoms with Crippen molar-refractivity contribution >= 4 is 0 Å². The van der Waals surface area contributed by atoms with Gasteiger partial charge in [-0.3, -0.25) is 0 Å². The molecule has 0 saturated heterocycles. The lowest BCUT2D eigenvalue weighted by Gasteiger charge is -2.26. The molecule has 0 bridgehead atoms. The fraction of sp³-hybridized carbons (Fsp3) is 0.900. The number of nitriles is 1. The van der Waals surface area contributed by atoms with E-state index in [4.69, 9.17) is 5.26 Å². The second-order valence-corrected chi connectivity index (χ2v) is 3.99. The summed E-state index contributed by atoms with van der Waals surface area (Å²) in [7, 11) is 3.94. The molecule has 74 valence electrons. The van der Waals surface area contributed by atoms with Gasteiger partial charge in [0.15, 0.2) is 0 Å². The molecule has 3 nitrogen and oxygen atoms in total. The Labute approximate surface area is 80.7 Å². The van der Waals surface area contributed by atoms with Crippen LogP contribution in [-0.4, -0.2) is 37.6 Å². The first-order valence-corrected chi connectivity index (χ1v) is 4.96. The number of hydrogen-bond donors (Lipinski definition) is 1. The summed E-state index contributed by atoms with van der Waals surface area (Å²) in [6.45, 7) is 3.08. The topological polar surface area (TPSA) is 39.1 Å². The van der Waals surface area contributed by atoms with E-state index in [0.29, 0.717) is 6.04 Å². The van der Waals surface area contributed by atoms with Gasteiger partial charge in [0.25, 0.3) is 0 Å². The Morgan fingerprint density at radius 2 is 2.23 bits per heavy atom. The van der Waals surface area contributed by atoms with Crippen LogP contribution >= 0.6 is 0 Å². The molecule has 0 aromatic heterocycles. The van der Waals surface area contributed by atoms with Crippen LogP contribution in [0.5, 0.6) is 0 Å². The van der Waals surface area contributed by atoms with Gasteiger partial charge in [-0.2, -0.15) is 5.26 Å². The van der Waals surface area contributed by atoms with Gasteiger partial charge in [0.1, 0.15) is 6.04 Å². The molecule has 0 amide bonds. The average molecular weight is 181 g/mol. The van der Waals surface area contributed by atoms with Crippen LogP contribution in [0.2, 0.25) is 0 Å². The van der Waals surface area contributed by atoms with Gasteiger partial charge in [-0.1, -0.05) is 0 Å². The van der Waals surface area contributed by atoms with Gasteiger partial charge >= 0.3 is 0 Å². The molecular formula is C10H19N3. The van der Waals surface area contributed by atoms with Crippen LogP contribution in [0.4, 0.5) is 0 Å². The number of rotatable bonds is 5. The third kappa shape index (κ3) is 2.98. The Balaban J connectivity index is 2.30. The van der Waals surface area contributed by atoms with Crippen molar-refractivity contribution in [2.75, 3.05) is 20.6 Å². The molecule has 3 heteroatoms. The highest BCUT2D eigenvalue weighted by Gasteiger charge is 2.30. The summed E-state index contributed by atoms with van der Waals surface area (Å²) in [6.07, 6.45) is 2.73. The molecule has 0 radical (unpaired) electrons. The van der Waals surface area contributed by atoms with Gasteiger partial charge < -0.3 is 10.2 Å². The molecule has 0 spiro atoms. The van der Waals surface area contributed by atoms with Crippen LogP contribution in [0.1, 0.15) is 19.8 Å². The average Bonchev–Trinajstić information content (AvgIpc) is 2.95. The smallest absolute Gasteiger partial charge is 0.108 e. The van der Waals surface area contributed by atoms with Crippen molar-refractivity contribution in [3.8, 4) is 6.07 Å². The largest absolute Gasteiger partial charge is 0.304 e. The lowest BCUT2D eigenvalue weighted by atomic mass is 10.2. The zero-order chi connectivity index (χ0) is 9.84. The standard InChI is InChI=1S/C10H19N3/c1-8(9-4-5-9)13(3)7-10(6-11)12-2/h8-10,12H,4-5,7H2,1-3H3. The van der Waals surface area contributed by atoms with Crippen molar-refractivity contribution < 1.29 is 0 Å². The van der Waals surface area contributed by atoms with E-state index in [0.717, 1.165) is 12.5 Å². The predicted molar refractivity (Wildman–Crippen MR) is 53.3 cm³/mol. The van der Waals surface area contributed by atoms with Gasteiger partial charge in [0.05, 0.1) is 6.07 Å². The maximum Gasteiger partial charge on any atom is 0.108 e. The highest BCUT2D eigenvalue weighted by atomic mass is 15.2. The predicted octanol–water partition coefficient (Wildman–Crippen LogP) is 0.828. The van der Waals surface area contributed by atoms with Crippen molar-refractivity contribution in [3.05, 3.63) is 0 Å². The van der Waals surface area contributed by atoms with Gasteiger partial charge in [0.2, 0.25) is 0 Å². The minimum Gasteiger partial charge on any atom is -0.304 e. The maximum atomic E-state index is 8.77. The van der Waals surface area contributed by atoms with Gasteiger partial charge in [-0.05, 0) is 39.8 Å². The summed E-state index contributed by atoms with van der Waals surface area (Å²) in [4.78, 5) is 2.28. The maximum absolute atomic E-state index is 8.77. The first-order valence-electron chi connectivity index (χ1n) is 4.96. The Bertz CT molecular complexity index is 193. The number of nitrogens with zero attached hydrogens (tertiary/aromatic N) is 2. The quantitative estimate of drug-likeness (QED) is 0.683. The SMILES string of the molecule is CNC(C#N)CN(C)C(C)C1CC1. The molecule has 1 rings (SSSR count). The van der Waals surface area contributed by atoms with E-state index in [1.54, 1.807) is 0 Å². The van der Waals surface area contributed by atoms with Gasteiger partial charge in [-0.15, -0.1) is 0 Å². The van der Waals surface area contributed by atoms with Crippen molar-refractivity contribution in [1.82, 2.24) is 10.2 Å². The summed E-state index contributed by atoms with van der Waals surface area (Å²) in [6, 6.07) is 2.84. The Morgan fingerprint density at radius 1 is 1.62 bits per heavy atom. The fourth-order valence-corrected chi connectivity index (χ4v) is 1.59. The summed E-state index contributed by atoms with van der Waals surface area (Å²) in [5.41, 5.74) is 0. The molecule has 0 aliphatic heterocycles. The molecular weight excluding hydrogens is 162 g/mol. The Morgan fingerprint density at radius 3 is 2.62 bits per heavy atom. The molecule has 2 atom stereocenters. The molecule has 1 aliphatic rings. The first-order chi connectivity index (χ1) is 6.19. The van der Waals surface area contributed by atoms with Crippen LogP contribution in [0.25, 0.3) is 0 Å². The van der Waals surface area contributed by atoms with Crippen LogP contribution < -0.4 is 5.32 Å². The van der Waals surface area contributed by atoms with Crippen molar-refractivity contribution in [2.24, 2.45) is 5.92 Å². The molecule has 2 unspecified atom stereocenters. The van der Waals surface area contributed by atoms with Crippen LogP contribution in [0.3, 0.4) is 0 Å². The molecule has 13 heavy (non-hydrogen) atoms. The van der Waals surface area contributed by atoms with Crippen LogP contribution in [0, 0.1) is 17.2 Å². The van der Waals surface area contributed by atoms with E-state index in [1.165, 1.54) is 12.8 Å². The molecule has 1 saturated carbocycles. The Kier molecular flexibility index (Phi) is 3.71. The second kappa shape index (κ2) is 4.59. The van der Waals surface area contributed by atoms with Gasteiger partial charge in [-0.25, -0.2) is 0 Å².